The molecule has 5 rings (SSSR count). The molecule has 1 aromatic heterocycles. The zero-order valence-electron chi connectivity index (χ0n) is 23.0. The van der Waals surface area contributed by atoms with Crippen molar-refractivity contribution in [3.05, 3.63) is 78.2 Å². The Morgan fingerprint density at radius 2 is 1.69 bits per heavy atom. The van der Waals surface area contributed by atoms with Crippen molar-refractivity contribution in [3.8, 4) is 11.3 Å². The Bertz CT molecular complexity index is 1280. The van der Waals surface area contributed by atoms with E-state index in [1.807, 2.05) is 90.9 Å². The third-order valence-electron chi connectivity index (χ3n) is 7.55. The van der Waals surface area contributed by atoms with E-state index in [1.54, 1.807) is 11.2 Å². The fourth-order valence-electron chi connectivity index (χ4n) is 5.71. The predicted molar refractivity (Wildman–Crippen MR) is 149 cm³/mol. The summed E-state index contributed by atoms with van der Waals surface area (Å²) in [6.07, 6.45) is 4.01. The van der Waals surface area contributed by atoms with Gasteiger partial charge in [-0.05, 0) is 52.0 Å². The average molecular weight is 531 g/mol. The molecule has 2 aromatic carbocycles. The van der Waals surface area contributed by atoms with Crippen molar-refractivity contribution in [2.75, 3.05) is 19.6 Å². The van der Waals surface area contributed by atoms with E-state index in [2.05, 4.69) is 4.98 Å². The maximum atomic E-state index is 14.3. The van der Waals surface area contributed by atoms with E-state index in [1.165, 1.54) is 0 Å². The van der Waals surface area contributed by atoms with Crippen LogP contribution >= 0.6 is 0 Å². The highest BCUT2D eigenvalue weighted by Gasteiger charge is 2.38. The van der Waals surface area contributed by atoms with Crippen LogP contribution in [0.4, 0.5) is 4.79 Å². The molecule has 8 nitrogen and oxygen atoms in total. The summed E-state index contributed by atoms with van der Waals surface area (Å²) in [5.74, 6) is -0.162. The molecule has 1 aliphatic carbocycles. The second-order valence-electron chi connectivity index (χ2n) is 11.5. The maximum absolute atomic E-state index is 14.3. The lowest BCUT2D eigenvalue weighted by molar-refractivity contribution is 0.00429. The van der Waals surface area contributed by atoms with Crippen LogP contribution in [-0.2, 0) is 11.2 Å². The van der Waals surface area contributed by atoms with Crippen molar-refractivity contribution < 1.29 is 19.4 Å². The molecule has 2 fully saturated rings. The summed E-state index contributed by atoms with van der Waals surface area (Å²) in [6, 6.07) is 19.5. The van der Waals surface area contributed by atoms with Crippen molar-refractivity contribution in [3.63, 3.8) is 0 Å². The number of nitrogens with zero attached hydrogens (tertiary/aromatic N) is 4. The van der Waals surface area contributed by atoms with Crippen LogP contribution < -0.4 is 0 Å². The van der Waals surface area contributed by atoms with Gasteiger partial charge in [-0.15, -0.1) is 0 Å². The lowest BCUT2D eigenvalue weighted by Gasteiger charge is -2.41. The lowest BCUT2D eigenvalue weighted by Crippen LogP contribution is -2.58. The van der Waals surface area contributed by atoms with Gasteiger partial charge in [0.05, 0.1) is 30.2 Å². The summed E-state index contributed by atoms with van der Waals surface area (Å²) >= 11 is 0. The van der Waals surface area contributed by atoms with Crippen LogP contribution in [0.1, 0.15) is 62.1 Å². The van der Waals surface area contributed by atoms with Crippen LogP contribution in [0.2, 0.25) is 0 Å². The lowest BCUT2D eigenvalue weighted by atomic mass is 10.0. The summed E-state index contributed by atoms with van der Waals surface area (Å²) in [7, 11) is 0. The number of imidazole rings is 1. The zero-order valence-corrected chi connectivity index (χ0v) is 23.0. The number of carbonyl (C=O) groups excluding carboxylic acids is 2. The van der Waals surface area contributed by atoms with Crippen LogP contribution in [-0.4, -0.2) is 73.8 Å². The Hall–Kier alpha value is -3.65. The van der Waals surface area contributed by atoms with E-state index >= 15 is 0 Å². The van der Waals surface area contributed by atoms with Crippen LogP contribution in [0, 0.1) is 0 Å². The minimum absolute atomic E-state index is 0.113. The number of benzene rings is 2. The first-order valence-electron chi connectivity index (χ1n) is 13.8. The molecular weight excluding hydrogens is 492 g/mol. The molecule has 39 heavy (non-hydrogen) atoms. The Morgan fingerprint density at radius 1 is 1.00 bits per heavy atom. The predicted octanol–water partition coefficient (Wildman–Crippen LogP) is 4.94. The topological polar surface area (TPSA) is 87.9 Å². The molecular formula is C31H38N4O4. The van der Waals surface area contributed by atoms with Crippen molar-refractivity contribution in [1.82, 2.24) is 19.4 Å². The van der Waals surface area contributed by atoms with Crippen molar-refractivity contribution in [2.24, 2.45) is 0 Å². The average Bonchev–Trinajstić information content (AvgIpc) is 3.54. The second kappa shape index (κ2) is 11.2. The van der Waals surface area contributed by atoms with Gasteiger partial charge in [-0.3, -0.25) is 4.79 Å². The Balaban J connectivity index is 1.48. The number of hydrogen-bond donors (Lipinski definition) is 1. The van der Waals surface area contributed by atoms with Crippen LogP contribution in [0.3, 0.4) is 0 Å². The molecule has 3 atom stereocenters. The summed E-state index contributed by atoms with van der Waals surface area (Å²) in [4.78, 5) is 35.4. The molecule has 8 heteroatoms. The first-order chi connectivity index (χ1) is 18.7. The van der Waals surface area contributed by atoms with Crippen molar-refractivity contribution in [2.45, 2.75) is 70.2 Å². The molecule has 206 valence electrons. The molecule has 0 radical (unpaired) electrons. The summed E-state index contributed by atoms with van der Waals surface area (Å²) in [5, 5.41) is 10.7. The molecule has 0 bridgehead atoms. The first-order valence-corrected chi connectivity index (χ1v) is 13.8. The standard InChI is InChI=1S/C31H38N4O4/c1-31(2,3)39-30(38)33-17-18-34(24(20-33)19-22-11-6-4-7-12-22)29(37)27-28(23-13-8-5-9-14-23)35(21-32-27)25-15-10-16-26(25)36/h4-9,11-14,21,24-26,36H,10,15-20H2,1-3H3/t24-,25?,26+/m1/s1. The number of ether oxygens (including phenoxy) is 1. The number of hydrogen-bond acceptors (Lipinski definition) is 5. The van der Waals surface area contributed by atoms with Gasteiger partial charge in [0.2, 0.25) is 0 Å². The molecule has 1 N–H and O–H groups in total. The fraction of sp³-hybridized carbons (Fsp3) is 0.452. The van der Waals surface area contributed by atoms with Gasteiger partial charge in [0, 0.05) is 25.2 Å². The number of aromatic nitrogens is 2. The van der Waals surface area contributed by atoms with Gasteiger partial charge < -0.3 is 24.2 Å². The summed E-state index contributed by atoms with van der Waals surface area (Å²) in [5.41, 5.74) is 2.50. The number of rotatable bonds is 5. The smallest absolute Gasteiger partial charge is 0.410 e. The van der Waals surface area contributed by atoms with E-state index in [0.717, 1.165) is 36.1 Å². The van der Waals surface area contributed by atoms with Crippen LogP contribution in [0.25, 0.3) is 11.3 Å². The number of aliphatic hydroxyl groups excluding tert-OH is 1. The molecule has 1 aliphatic heterocycles. The van der Waals surface area contributed by atoms with E-state index in [0.29, 0.717) is 31.7 Å². The van der Waals surface area contributed by atoms with Gasteiger partial charge in [-0.1, -0.05) is 60.7 Å². The van der Waals surface area contributed by atoms with Gasteiger partial charge >= 0.3 is 6.09 Å². The largest absolute Gasteiger partial charge is 0.444 e. The highest BCUT2D eigenvalue weighted by Crippen LogP contribution is 2.36. The van der Waals surface area contributed by atoms with Gasteiger partial charge in [-0.25, -0.2) is 9.78 Å². The summed E-state index contributed by atoms with van der Waals surface area (Å²) in [6.45, 7) is 6.70. The Kier molecular flexibility index (Phi) is 7.75. The van der Waals surface area contributed by atoms with Gasteiger partial charge in [0.25, 0.3) is 5.91 Å². The fourth-order valence-corrected chi connectivity index (χ4v) is 5.71. The molecule has 0 spiro atoms. The maximum Gasteiger partial charge on any atom is 0.410 e. The molecule has 2 amide bonds. The Morgan fingerprint density at radius 3 is 2.33 bits per heavy atom. The Labute approximate surface area is 230 Å². The molecule has 1 saturated carbocycles. The molecule has 2 aliphatic rings. The van der Waals surface area contributed by atoms with Gasteiger partial charge in [0.15, 0.2) is 5.69 Å². The highest BCUT2D eigenvalue weighted by molar-refractivity contribution is 5.98. The van der Waals surface area contributed by atoms with E-state index in [9.17, 15) is 14.7 Å². The second-order valence-corrected chi connectivity index (χ2v) is 11.5. The number of amides is 2. The SMILES string of the molecule is CC(C)(C)OC(=O)N1CCN(C(=O)c2ncn(C3CCC[C@@H]3O)c2-c2ccccc2)[C@H](Cc2ccccc2)C1. The van der Waals surface area contributed by atoms with E-state index in [-0.39, 0.29) is 24.1 Å². The van der Waals surface area contributed by atoms with Crippen LogP contribution in [0.5, 0.6) is 0 Å². The van der Waals surface area contributed by atoms with Crippen LogP contribution in [0.15, 0.2) is 67.0 Å². The number of carbonyl (C=O) groups is 2. The molecule has 2 heterocycles. The number of piperazine rings is 1. The highest BCUT2D eigenvalue weighted by atomic mass is 16.6. The number of aliphatic hydroxyl groups is 1. The molecule has 1 saturated heterocycles. The third-order valence-corrected chi connectivity index (χ3v) is 7.55. The minimum Gasteiger partial charge on any atom is -0.444 e. The zero-order chi connectivity index (χ0) is 27.6. The first kappa shape index (κ1) is 26.9. The van der Waals surface area contributed by atoms with E-state index in [4.69, 9.17) is 4.74 Å². The normalized spacial score (nSPS) is 21.7. The van der Waals surface area contributed by atoms with Gasteiger partial charge in [-0.2, -0.15) is 0 Å². The van der Waals surface area contributed by atoms with Gasteiger partial charge in [0.1, 0.15) is 5.60 Å². The quantitative estimate of drug-likeness (QED) is 0.505. The summed E-state index contributed by atoms with van der Waals surface area (Å²) < 4.78 is 7.64. The van der Waals surface area contributed by atoms with Crippen molar-refractivity contribution >= 4 is 12.0 Å². The van der Waals surface area contributed by atoms with E-state index < -0.39 is 11.7 Å². The molecule has 3 aromatic rings. The van der Waals surface area contributed by atoms with Crippen molar-refractivity contribution in [1.29, 1.82) is 0 Å². The minimum atomic E-state index is -0.596. The molecule has 1 unspecified atom stereocenters. The monoisotopic (exact) mass is 530 g/mol. The third kappa shape index (κ3) is 6.01.